The van der Waals surface area contributed by atoms with Crippen molar-refractivity contribution in [2.75, 3.05) is 7.11 Å². The molecular weight excluding hydrogens is 367 g/mol. The first-order valence-electron chi connectivity index (χ1n) is 9.11. The minimum atomic E-state index is -0.295. The summed E-state index contributed by atoms with van der Waals surface area (Å²) in [5, 5.41) is 9.73. The SMILES string of the molecule is COc1ccc2nc(/C(C#N)=C\c3cc(C)n(-c4ccccc4F)c3C)[nH]c2c1. The van der Waals surface area contributed by atoms with Crippen LogP contribution in [0, 0.1) is 31.0 Å². The van der Waals surface area contributed by atoms with Crippen molar-refractivity contribution in [3.05, 3.63) is 77.1 Å². The van der Waals surface area contributed by atoms with Crippen molar-refractivity contribution in [1.82, 2.24) is 14.5 Å². The average Bonchev–Trinajstić information content (AvgIpc) is 3.26. The van der Waals surface area contributed by atoms with E-state index in [9.17, 15) is 9.65 Å². The van der Waals surface area contributed by atoms with E-state index in [1.165, 1.54) is 6.07 Å². The molecule has 0 unspecified atom stereocenters. The molecule has 0 saturated carbocycles. The molecule has 0 atom stereocenters. The summed E-state index contributed by atoms with van der Waals surface area (Å²) in [5.74, 6) is 0.895. The third-order valence-electron chi connectivity index (χ3n) is 4.93. The van der Waals surface area contributed by atoms with Gasteiger partial charge < -0.3 is 14.3 Å². The van der Waals surface area contributed by atoms with Crippen molar-refractivity contribution >= 4 is 22.7 Å². The molecule has 0 fully saturated rings. The minimum absolute atomic E-state index is 0.295. The Morgan fingerprint density at radius 2 is 2.00 bits per heavy atom. The smallest absolute Gasteiger partial charge is 0.149 e. The standard InChI is InChI=1S/C23H19FN4O/c1-14-10-16(15(2)28(14)22-7-5-4-6-19(22)24)11-17(13-25)23-26-20-9-8-18(29-3)12-21(20)27-23/h4-12H,1-3H3,(H,26,27)/b17-11-. The number of aryl methyl sites for hydroxylation is 1. The molecule has 29 heavy (non-hydrogen) atoms. The maximum atomic E-state index is 14.3. The molecule has 0 aliphatic carbocycles. The zero-order valence-electron chi connectivity index (χ0n) is 16.3. The summed E-state index contributed by atoms with van der Waals surface area (Å²) in [5.41, 5.74) is 4.98. The zero-order chi connectivity index (χ0) is 20.5. The van der Waals surface area contributed by atoms with E-state index in [0.717, 1.165) is 28.0 Å². The first-order valence-corrected chi connectivity index (χ1v) is 9.11. The number of methoxy groups -OCH3 is 1. The summed E-state index contributed by atoms with van der Waals surface area (Å²) in [4.78, 5) is 7.69. The highest BCUT2D eigenvalue weighted by molar-refractivity contribution is 5.91. The Morgan fingerprint density at radius 3 is 2.72 bits per heavy atom. The largest absolute Gasteiger partial charge is 0.497 e. The molecule has 0 radical (unpaired) electrons. The molecule has 4 rings (SSSR count). The number of para-hydroxylation sites is 1. The molecule has 0 aliphatic heterocycles. The predicted octanol–water partition coefficient (Wildman–Crippen LogP) is 5.18. The Labute approximate surface area is 167 Å². The van der Waals surface area contributed by atoms with Gasteiger partial charge in [-0.2, -0.15) is 5.26 Å². The fourth-order valence-corrected chi connectivity index (χ4v) is 3.49. The van der Waals surface area contributed by atoms with Gasteiger partial charge in [0, 0.05) is 17.5 Å². The highest BCUT2D eigenvalue weighted by Gasteiger charge is 2.15. The number of ether oxygens (including phenoxy) is 1. The normalized spacial score (nSPS) is 11.6. The molecule has 1 N–H and O–H groups in total. The van der Waals surface area contributed by atoms with Crippen LogP contribution in [0.15, 0.2) is 48.5 Å². The topological polar surface area (TPSA) is 66.6 Å². The van der Waals surface area contributed by atoms with Gasteiger partial charge in [0.2, 0.25) is 0 Å². The molecule has 0 amide bonds. The summed E-state index contributed by atoms with van der Waals surface area (Å²) >= 11 is 0. The molecule has 0 spiro atoms. The fraction of sp³-hybridized carbons (Fsp3) is 0.130. The van der Waals surface area contributed by atoms with Crippen LogP contribution in [0.25, 0.3) is 28.4 Å². The molecule has 6 heteroatoms. The van der Waals surface area contributed by atoms with Gasteiger partial charge in [0.25, 0.3) is 0 Å². The van der Waals surface area contributed by atoms with Crippen LogP contribution in [0.4, 0.5) is 4.39 Å². The summed E-state index contributed by atoms with van der Waals surface area (Å²) < 4.78 is 21.4. The number of hydrogen-bond acceptors (Lipinski definition) is 3. The van der Waals surface area contributed by atoms with Crippen LogP contribution >= 0.6 is 0 Å². The van der Waals surface area contributed by atoms with E-state index in [-0.39, 0.29) is 5.82 Å². The van der Waals surface area contributed by atoms with E-state index >= 15 is 0 Å². The number of H-pyrrole nitrogens is 1. The lowest BCUT2D eigenvalue weighted by Crippen LogP contribution is -2.01. The number of nitriles is 1. The van der Waals surface area contributed by atoms with Gasteiger partial charge in [0.15, 0.2) is 0 Å². The van der Waals surface area contributed by atoms with Gasteiger partial charge in [0.05, 0.1) is 29.4 Å². The number of nitrogens with one attached hydrogen (secondary N) is 1. The van der Waals surface area contributed by atoms with Crippen LogP contribution in [0.1, 0.15) is 22.8 Å². The number of aromatic nitrogens is 3. The van der Waals surface area contributed by atoms with Gasteiger partial charge in [-0.05, 0) is 55.8 Å². The minimum Gasteiger partial charge on any atom is -0.497 e. The Kier molecular flexibility index (Phi) is 4.65. The molecule has 2 heterocycles. The number of hydrogen-bond donors (Lipinski definition) is 1. The van der Waals surface area contributed by atoms with Crippen LogP contribution in [0.3, 0.4) is 0 Å². The molecule has 2 aromatic carbocycles. The van der Waals surface area contributed by atoms with Crippen molar-refractivity contribution in [2.45, 2.75) is 13.8 Å². The zero-order valence-corrected chi connectivity index (χ0v) is 16.3. The summed E-state index contributed by atoms with van der Waals surface area (Å²) in [6, 6.07) is 16.3. The van der Waals surface area contributed by atoms with Gasteiger partial charge in [0.1, 0.15) is 23.5 Å². The maximum absolute atomic E-state index is 14.3. The van der Waals surface area contributed by atoms with E-state index in [0.29, 0.717) is 22.8 Å². The maximum Gasteiger partial charge on any atom is 0.149 e. The van der Waals surface area contributed by atoms with Crippen LogP contribution in [0.2, 0.25) is 0 Å². The summed E-state index contributed by atoms with van der Waals surface area (Å²) in [7, 11) is 1.60. The molecule has 144 valence electrons. The Hall–Kier alpha value is -3.85. The van der Waals surface area contributed by atoms with E-state index in [4.69, 9.17) is 4.74 Å². The second-order valence-electron chi connectivity index (χ2n) is 6.75. The molecule has 2 aromatic heterocycles. The number of halogens is 1. The predicted molar refractivity (Wildman–Crippen MR) is 111 cm³/mol. The first-order chi connectivity index (χ1) is 14.0. The van der Waals surface area contributed by atoms with Crippen molar-refractivity contribution in [2.24, 2.45) is 0 Å². The monoisotopic (exact) mass is 386 g/mol. The van der Waals surface area contributed by atoms with E-state index in [1.54, 1.807) is 31.4 Å². The Balaban J connectivity index is 1.80. The van der Waals surface area contributed by atoms with E-state index in [2.05, 4.69) is 16.0 Å². The van der Waals surface area contributed by atoms with Crippen molar-refractivity contribution in [3.8, 4) is 17.5 Å². The molecular formula is C23H19FN4O. The van der Waals surface area contributed by atoms with Crippen molar-refractivity contribution < 1.29 is 9.13 Å². The lowest BCUT2D eigenvalue weighted by Gasteiger charge is -2.10. The van der Waals surface area contributed by atoms with Crippen molar-refractivity contribution in [1.29, 1.82) is 5.26 Å². The second kappa shape index (κ2) is 7.28. The number of benzene rings is 2. The number of fused-ring (bicyclic) bond motifs is 1. The second-order valence-corrected chi connectivity index (χ2v) is 6.75. The van der Waals surface area contributed by atoms with Crippen LogP contribution < -0.4 is 4.74 Å². The van der Waals surface area contributed by atoms with Crippen molar-refractivity contribution in [3.63, 3.8) is 0 Å². The van der Waals surface area contributed by atoms with Gasteiger partial charge in [-0.25, -0.2) is 9.37 Å². The number of imidazole rings is 1. The Bertz CT molecular complexity index is 1290. The highest BCUT2D eigenvalue weighted by Crippen LogP contribution is 2.27. The number of rotatable bonds is 4. The highest BCUT2D eigenvalue weighted by atomic mass is 19.1. The fourth-order valence-electron chi connectivity index (χ4n) is 3.49. The number of allylic oxidation sites excluding steroid dienone is 1. The van der Waals surface area contributed by atoms with Gasteiger partial charge in [-0.1, -0.05) is 12.1 Å². The third-order valence-corrected chi connectivity index (χ3v) is 4.93. The molecule has 4 aromatic rings. The van der Waals surface area contributed by atoms with Crippen LogP contribution in [-0.2, 0) is 0 Å². The molecule has 0 bridgehead atoms. The van der Waals surface area contributed by atoms with Gasteiger partial charge >= 0.3 is 0 Å². The number of aromatic amines is 1. The quantitative estimate of drug-likeness (QED) is 0.491. The average molecular weight is 386 g/mol. The lowest BCUT2D eigenvalue weighted by atomic mass is 10.1. The van der Waals surface area contributed by atoms with E-state index in [1.807, 2.05) is 42.7 Å². The van der Waals surface area contributed by atoms with Gasteiger partial charge in [-0.3, -0.25) is 0 Å². The van der Waals surface area contributed by atoms with Gasteiger partial charge in [-0.15, -0.1) is 0 Å². The summed E-state index contributed by atoms with van der Waals surface area (Å²) in [6.07, 6.45) is 1.77. The molecule has 0 saturated heterocycles. The van der Waals surface area contributed by atoms with Crippen LogP contribution in [0.5, 0.6) is 5.75 Å². The first kappa shape index (κ1) is 18.5. The molecule has 5 nitrogen and oxygen atoms in total. The Morgan fingerprint density at radius 1 is 1.21 bits per heavy atom. The number of nitrogens with zero attached hydrogens (tertiary/aromatic N) is 3. The molecule has 0 aliphatic rings. The van der Waals surface area contributed by atoms with Crippen LogP contribution in [-0.4, -0.2) is 21.6 Å². The summed E-state index contributed by atoms with van der Waals surface area (Å²) in [6.45, 7) is 3.82. The lowest BCUT2D eigenvalue weighted by molar-refractivity contribution is 0.415. The van der Waals surface area contributed by atoms with E-state index < -0.39 is 0 Å². The third kappa shape index (κ3) is 3.27.